The average Bonchev–Trinajstić information content (AvgIpc) is 2.80. The predicted octanol–water partition coefficient (Wildman–Crippen LogP) is 5.15. The van der Waals surface area contributed by atoms with Crippen LogP contribution in [0.25, 0.3) is 11.3 Å². The van der Waals surface area contributed by atoms with Crippen LogP contribution in [0.1, 0.15) is 44.9 Å². The number of pyridine rings is 2. The second kappa shape index (κ2) is 10.2. The van der Waals surface area contributed by atoms with E-state index in [0.717, 1.165) is 75.4 Å². The summed E-state index contributed by atoms with van der Waals surface area (Å²) in [5, 5.41) is 6.92. The summed E-state index contributed by atoms with van der Waals surface area (Å²) < 4.78 is 5.43. The zero-order valence-electron chi connectivity index (χ0n) is 17.2. The SMILES string of the molecule is O=C(Nc1cc(-c2cccc(NCC3CCOCC3)n2)c(Cl)cn1)C1CCCCC1. The molecule has 1 amide bonds. The number of ether oxygens (including phenoxy) is 1. The highest BCUT2D eigenvalue weighted by molar-refractivity contribution is 6.33. The maximum absolute atomic E-state index is 12.6. The number of nitrogens with zero attached hydrogens (tertiary/aromatic N) is 2. The minimum Gasteiger partial charge on any atom is -0.381 e. The molecule has 1 aliphatic carbocycles. The number of hydrogen-bond donors (Lipinski definition) is 2. The zero-order valence-corrected chi connectivity index (χ0v) is 18.0. The molecule has 1 saturated heterocycles. The Bertz CT molecular complexity index is 864. The molecule has 6 nitrogen and oxygen atoms in total. The van der Waals surface area contributed by atoms with Crippen LogP contribution in [0.5, 0.6) is 0 Å². The molecular formula is C23H29ClN4O2. The molecule has 0 atom stereocenters. The third-order valence-electron chi connectivity index (χ3n) is 6.02. The highest BCUT2D eigenvalue weighted by Crippen LogP contribution is 2.30. The normalized spacial score (nSPS) is 18.2. The van der Waals surface area contributed by atoms with E-state index in [9.17, 15) is 4.79 Å². The summed E-state index contributed by atoms with van der Waals surface area (Å²) in [4.78, 5) is 21.6. The summed E-state index contributed by atoms with van der Waals surface area (Å²) in [6, 6.07) is 7.66. The molecule has 0 unspecified atom stereocenters. The van der Waals surface area contributed by atoms with Gasteiger partial charge in [0.05, 0.1) is 10.7 Å². The van der Waals surface area contributed by atoms with Gasteiger partial charge < -0.3 is 15.4 Å². The van der Waals surface area contributed by atoms with Gasteiger partial charge in [0.25, 0.3) is 0 Å². The summed E-state index contributed by atoms with van der Waals surface area (Å²) in [5.41, 5.74) is 1.52. The summed E-state index contributed by atoms with van der Waals surface area (Å²) in [6.45, 7) is 2.55. The molecule has 160 valence electrons. The van der Waals surface area contributed by atoms with Gasteiger partial charge >= 0.3 is 0 Å². The number of aromatic nitrogens is 2. The Hall–Kier alpha value is -2.18. The third-order valence-corrected chi connectivity index (χ3v) is 6.32. The molecule has 7 heteroatoms. The fourth-order valence-corrected chi connectivity index (χ4v) is 4.38. The Kier molecular flexibility index (Phi) is 7.18. The molecule has 2 aromatic rings. The van der Waals surface area contributed by atoms with Gasteiger partial charge in [0.15, 0.2) is 0 Å². The number of carbonyl (C=O) groups is 1. The van der Waals surface area contributed by atoms with Crippen LogP contribution >= 0.6 is 11.6 Å². The number of carbonyl (C=O) groups excluding carboxylic acids is 1. The van der Waals surface area contributed by atoms with Crippen molar-refractivity contribution in [2.24, 2.45) is 11.8 Å². The van der Waals surface area contributed by atoms with Gasteiger partial charge in [0.1, 0.15) is 11.6 Å². The van der Waals surface area contributed by atoms with Crippen molar-refractivity contribution in [2.75, 3.05) is 30.4 Å². The summed E-state index contributed by atoms with van der Waals surface area (Å²) >= 11 is 6.42. The third kappa shape index (κ3) is 5.49. The van der Waals surface area contributed by atoms with Crippen molar-refractivity contribution in [1.82, 2.24) is 9.97 Å². The summed E-state index contributed by atoms with van der Waals surface area (Å²) in [5.74, 6) is 2.08. The fraction of sp³-hybridized carbons (Fsp3) is 0.522. The van der Waals surface area contributed by atoms with Crippen molar-refractivity contribution in [1.29, 1.82) is 0 Å². The van der Waals surface area contributed by atoms with E-state index in [2.05, 4.69) is 15.6 Å². The highest BCUT2D eigenvalue weighted by atomic mass is 35.5. The first-order valence-electron chi connectivity index (χ1n) is 10.9. The zero-order chi connectivity index (χ0) is 20.8. The van der Waals surface area contributed by atoms with E-state index in [1.54, 1.807) is 6.20 Å². The van der Waals surface area contributed by atoms with E-state index in [1.165, 1.54) is 6.42 Å². The van der Waals surface area contributed by atoms with Crippen LogP contribution in [0.4, 0.5) is 11.6 Å². The number of hydrogen-bond acceptors (Lipinski definition) is 5. The van der Waals surface area contributed by atoms with Crippen molar-refractivity contribution in [3.8, 4) is 11.3 Å². The molecule has 0 aromatic carbocycles. The Labute approximate surface area is 182 Å². The maximum atomic E-state index is 12.6. The first kappa shape index (κ1) is 21.1. The average molecular weight is 429 g/mol. The van der Waals surface area contributed by atoms with Crippen LogP contribution in [0.15, 0.2) is 30.5 Å². The lowest BCUT2D eigenvalue weighted by Crippen LogP contribution is -2.25. The van der Waals surface area contributed by atoms with Crippen molar-refractivity contribution in [3.05, 3.63) is 35.5 Å². The van der Waals surface area contributed by atoms with Crippen molar-refractivity contribution >= 4 is 29.1 Å². The van der Waals surface area contributed by atoms with Gasteiger partial charge in [-0.15, -0.1) is 0 Å². The second-order valence-corrected chi connectivity index (χ2v) is 8.63. The van der Waals surface area contributed by atoms with Crippen molar-refractivity contribution in [2.45, 2.75) is 44.9 Å². The quantitative estimate of drug-likeness (QED) is 0.665. The van der Waals surface area contributed by atoms with Crippen LogP contribution in [-0.4, -0.2) is 35.6 Å². The van der Waals surface area contributed by atoms with Crippen LogP contribution in [0.3, 0.4) is 0 Å². The van der Waals surface area contributed by atoms with Gasteiger partial charge in [0, 0.05) is 37.4 Å². The molecule has 2 fully saturated rings. The highest BCUT2D eigenvalue weighted by Gasteiger charge is 2.22. The predicted molar refractivity (Wildman–Crippen MR) is 120 cm³/mol. The molecule has 0 radical (unpaired) electrons. The van der Waals surface area contributed by atoms with Gasteiger partial charge in [-0.05, 0) is 49.8 Å². The van der Waals surface area contributed by atoms with E-state index in [1.807, 2.05) is 24.3 Å². The van der Waals surface area contributed by atoms with Gasteiger partial charge in [-0.2, -0.15) is 0 Å². The van der Waals surface area contributed by atoms with Crippen LogP contribution in [0.2, 0.25) is 5.02 Å². The Balaban J connectivity index is 1.45. The van der Waals surface area contributed by atoms with E-state index in [-0.39, 0.29) is 11.8 Å². The van der Waals surface area contributed by atoms with E-state index in [0.29, 0.717) is 16.8 Å². The van der Waals surface area contributed by atoms with E-state index < -0.39 is 0 Å². The standard InChI is InChI=1S/C23H29ClN4O2/c24-19-15-26-22(28-23(29)17-5-2-1-3-6-17)13-18(19)20-7-4-8-21(27-20)25-14-16-9-11-30-12-10-16/h4,7-8,13,15-17H,1-3,5-6,9-12,14H2,(H,25,27)(H,26,28,29). The number of nitrogens with one attached hydrogen (secondary N) is 2. The van der Waals surface area contributed by atoms with E-state index in [4.69, 9.17) is 21.3 Å². The molecule has 2 aromatic heterocycles. The monoisotopic (exact) mass is 428 g/mol. The van der Waals surface area contributed by atoms with Gasteiger partial charge in [-0.1, -0.05) is 36.9 Å². The molecular weight excluding hydrogens is 400 g/mol. The lowest BCUT2D eigenvalue weighted by atomic mass is 9.89. The number of rotatable bonds is 6. The van der Waals surface area contributed by atoms with Gasteiger partial charge in [0.2, 0.25) is 5.91 Å². The molecule has 30 heavy (non-hydrogen) atoms. The number of amides is 1. The molecule has 1 aliphatic heterocycles. The number of anilines is 2. The van der Waals surface area contributed by atoms with E-state index >= 15 is 0 Å². The lowest BCUT2D eigenvalue weighted by Gasteiger charge is -2.22. The molecule has 2 aliphatic rings. The largest absolute Gasteiger partial charge is 0.381 e. The Morgan fingerprint density at radius 1 is 1.10 bits per heavy atom. The van der Waals surface area contributed by atoms with Gasteiger partial charge in [-0.25, -0.2) is 9.97 Å². The molecule has 4 rings (SSSR count). The smallest absolute Gasteiger partial charge is 0.228 e. The number of halogens is 1. The van der Waals surface area contributed by atoms with Crippen molar-refractivity contribution in [3.63, 3.8) is 0 Å². The summed E-state index contributed by atoms with van der Waals surface area (Å²) in [6.07, 6.45) is 9.10. The topological polar surface area (TPSA) is 76.1 Å². The van der Waals surface area contributed by atoms with Crippen LogP contribution in [-0.2, 0) is 9.53 Å². The lowest BCUT2D eigenvalue weighted by molar-refractivity contribution is -0.120. The summed E-state index contributed by atoms with van der Waals surface area (Å²) in [7, 11) is 0. The molecule has 2 N–H and O–H groups in total. The minimum absolute atomic E-state index is 0.0512. The molecule has 1 saturated carbocycles. The van der Waals surface area contributed by atoms with Crippen molar-refractivity contribution < 1.29 is 9.53 Å². The van der Waals surface area contributed by atoms with Crippen LogP contribution < -0.4 is 10.6 Å². The molecule has 0 bridgehead atoms. The molecule has 0 spiro atoms. The Morgan fingerprint density at radius 3 is 2.70 bits per heavy atom. The fourth-order valence-electron chi connectivity index (χ4n) is 4.18. The van der Waals surface area contributed by atoms with Crippen LogP contribution in [0, 0.1) is 11.8 Å². The first-order chi connectivity index (χ1) is 14.7. The maximum Gasteiger partial charge on any atom is 0.228 e. The van der Waals surface area contributed by atoms with Gasteiger partial charge in [-0.3, -0.25) is 4.79 Å². The Morgan fingerprint density at radius 2 is 1.90 bits per heavy atom. The molecule has 3 heterocycles. The minimum atomic E-state index is 0.0512. The first-order valence-corrected chi connectivity index (χ1v) is 11.3. The second-order valence-electron chi connectivity index (χ2n) is 8.22.